The van der Waals surface area contributed by atoms with Crippen LogP contribution in [0.1, 0.15) is 45.4 Å². The number of carbonyl (C=O) groups excluding carboxylic acids is 1. The van der Waals surface area contributed by atoms with Gasteiger partial charge in [-0.05, 0) is 45.2 Å². The zero-order valence-electron chi connectivity index (χ0n) is 9.67. The molecule has 3 heteroatoms. The standard InChI is InChI=1S/C12H22N2O/c1-2-5-12(15)13-10-8-11(9-10)14-6-3-4-7-14/h10-11H,2-9H2,1H3,(H,13,15). The normalized spacial score (nSPS) is 31.3. The summed E-state index contributed by atoms with van der Waals surface area (Å²) in [7, 11) is 0. The van der Waals surface area contributed by atoms with Gasteiger partial charge in [0.2, 0.25) is 5.91 Å². The van der Waals surface area contributed by atoms with E-state index in [1.807, 2.05) is 6.92 Å². The molecule has 2 fully saturated rings. The zero-order valence-corrected chi connectivity index (χ0v) is 9.67. The van der Waals surface area contributed by atoms with E-state index in [1.54, 1.807) is 0 Å². The molecule has 1 aliphatic carbocycles. The molecule has 0 unspecified atom stereocenters. The first-order chi connectivity index (χ1) is 7.29. The highest BCUT2D eigenvalue weighted by Crippen LogP contribution is 2.28. The molecule has 3 nitrogen and oxygen atoms in total. The lowest BCUT2D eigenvalue weighted by atomic mass is 9.85. The fraction of sp³-hybridized carbons (Fsp3) is 0.917. The molecule has 1 saturated heterocycles. The Balaban J connectivity index is 1.62. The van der Waals surface area contributed by atoms with Gasteiger partial charge in [-0.1, -0.05) is 6.92 Å². The van der Waals surface area contributed by atoms with E-state index >= 15 is 0 Å². The highest BCUT2D eigenvalue weighted by atomic mass is 16.1. The van der Waals surface area contributed by atoms with Crippen molar-refractivity contribution in [3.8, 4) is 0 Å². The van der Waals surface area contributed by atoms with Gasteiger partial charge < -0.3 is 10.2 Å². The lowest BCUT2D eigenvalue weighted by Gasteiger charge is -2.41. The quantitative estimate of drug-likeness (QED) is 0.763. The van der Waals surface area contributed by atoms with Crippen molar-refractivity contribution in [2.45, 2.75) is 57.5 Å². The third-order valence-corrected chi connectivity index (χ3v) is 3.61. The topological polar surface area (TPSA) is 32.3 Å². The van der Waals surface area contributed by atoms with Crippen molar-refractivity contribution in [1.82, 2.24) is 10.2 Å². The molecule has 1 aliphatic heterocycles. The Bertz CT molecular complexity index is 218. The fourth-order valence-corrected chi connectivity index (χ4v) is 2.64. The molecule has 0 spiro atoms. The molecule has 86 valence electrons. The number of likely N-dealkylation sites (tertiary alicyclic amines) is 1. The molecule has 1 N–H and O–H groups in total. The average molecular weight is 210 g/mol. The van der Waals surface area contributed by atoms with Gasteiger partial charge >= 0.3 is 0 Å². The van der Waals surface area contributed by atoms with E-state index < -0.39 is 0 Å². The third-order valence-electron chi connectivity index (χ3n) is 3.61. The fourth-order valence-electron chi connectivity index (χ4n) is 2.64. The van der Waals surface area contributed by atoms with E-state index in [0.717, 1.165) is 12.5 Å². The number of carbonyl (C=O) groups is 1. The lowest BCUT2D eigenvalue weighted by molar-refractivity contribution is -0.122. The van der Waals surface area contributed by atoms with Gasteiger partial charge in [0, 0.05) is 18.5 Å². The summed E-state index contributed by atoms with van der Waals surface area (Å²) in [6.45, 7) is 4.61. The summed E-state index contributed by atoms with van der Waals surface area (Å²) in [6.07, 6.45) is 6.72. The molecular weight excluding hydrogens is 188 g/mol. The maximum Gasteiger partial charge on any atom is 0.220 e. The molecule has 1 amide bonds. The molecule has 1 heterocycles. The molecule has 0 aromatic carbocycles. The Kier molecular flexibility index (Phi) is 3.62. The zero-order chi connectivity index (χ0) is 10.7. The van der Waals surface area contributed by atoms with Crippen LogP contribution in [0.3, 0.4) is 0 Å². The van der Waals surface area contributed by atoms with Crippen molar-refractivity contribution in [2.75, 3.05) is 13.1 Å². The van der Waals surface area contributed by atoms with Crippen LogP contribution < -0.4 is 5.32 Å². The SMILES string of the molecule is CCCC(=O)NC1CC(N2CCCC2)C1. The van der Waals surface area contributed by atoms with Gasteiger partial charge in [0.25, 0.3) is 0 Å². The molecule has 0 aromatic heterocycles. The van der Waals surface area contributed by atoms with Gasteiger partial charge in [0.1, 0.15) is 0 Å². The van der Waals surface area contributed by atoms with Crippen LogP contribution in [0.5, 0.6) is 0 Å². The predicted molar refractivity (Wildman–Crippen MR) is 60.7 cm³/mol. The van der Waals surface area contributed by atoms with E-state index in [2.05, 4.69) is 10.2 Å². The highest BCUT2D eigenvalue weighted by Gasteiger charge is 2.35. The number of nitrogens with one attached hydrogen (secondary N) is 1. The summed E-state index contributed by atoms with van der Waals surface area (Å²) in [5.41, 5.74) is 0. The number of hydrogen-bond acceptors (Lipinski definition) is 2. The van der Waals surface area contributed by atoms with Gasteiger partial charge in [-0.2, -0.15) is 0 Å². The van der Waals surface area contributed by atoms with Gasteiger partial charge in [-0.15, -0.1) is 0 Å². The Hall–Kier alpha value is -0.570. The first-order valence-corrected chi connectivity index (χ1v) is 6.33. The minimum absolute atomic E-state index is 0.238. The molecule has 0 atom stereocenters. The lowest BCUT2D eigenvalue weighted by Crippen LogP contribution is -2.53. The van der Waals surface area contributed by atoms with E-state index in [9.17, 15) is 4.79 Å². The second-order valence-electron chi connectivity index (χ2n) is 4.88. The van der Waals surface area contributed by atoms with Gasteiger partial charge in [-0.3, -0.25) is 4.79 Å². The van der Waals surface area contributed by atoms with Crippen LogP contribution in [0.2, 0.25) is 0 Å². The molecule has 0 radical (unpaired) electrons. The van der Waals surface area contributed by atoms with E-state index in [-0.39, 0.29) is 5.91 Å². The van der Waals surface area contributed by atoms with Gasteiger partial charge in [0.05, 0.1) is 0 Å². The number of nitrogens with zero attached hydrogens (tertiary/aromatic N) is 1. The molecule has 1 saturated carbocycles. The summed E-state index contributed by atoms with van der Waals surface area (Å²) in [5, 5.41) is 3.11. The van der Waals surface area contributed by atoms with Crippen LogP contribution in [0.4, 0.5) is 0 Å². The molecule has 15 heavy (non-hydrogen) atoms. The smallest absolute Gasteiger partial charge is 0.220 e. The maximum absolute atomic E-state index is 11.3. The second kappa shape index (κ2) is 4.97. The first kappa shape index (κ1) is 10.9. The monoisotopic (exact) mass is 210 g/mol. The van der Waals surface area contributed by atoms with Crippen LogP contribution in [0, 0.1) is 0 Å². The van der Waals surface area contributed by atoms with Crippen LogP contribution in [0.15, 0.2) is 0 Å². The van der Waals surface area contributed by atoms with Gasteiger partial charge in [0.15, 0.2) is 0 Å². The number of hydrogen-bond donors (Lipinski definition) is 1. The minimum Gasteiger partial charge on any atom is -0.353 e. The molecule has 2 rings (SSSR count). The Morgan fingerprint density at radius 2 is 2.00 bits per heavy atom. The number of amides is 1. The first-order valence-electron chi connectivity index (χ1n) is 6.33. The largest absolute Gasteiger partial charge is 0.353 e. The Morgan fingerprint density at radius 3 is 2.60 bits per heavy atom. The van der Waals surface area contributed by atoms with Crippen LogP contribution in [-0.2, 0) is 4.79 Å². The third kappa shape index (κ3) is 2.71. The molecule has 2 aliphatic rings. The van der Waals surface area contributed by atoms with Crippen molar-refractivity contribution in [3.63, 3.8) is 0 Å². The Labute approximate surface area is 92.2 Å². The Morgan fingerprint density at radius 1 is 1.33 bits per heavy atom. The van der Waals surface area contributed by atoms with Crippen LogP contribution in [-0.4, -0.2) is 36.0 Å². The summed E-state index contributed by atoms with van der Waals surface area (Å²) in [5.74, 6) is 0.238. The summed E-state index contributed by atoms with van der Waals surface area (Å²) < 4.78 is 0. The van der Waals surface area contributed by atoms with Crippen molar-refractivity contribution in [1.29, 1.82) is 0 Å². The van der Waals surface area contributed by atoms with Crippen molar-refractivity contribution in [3.05, 3.63) is 0 Å². The van der Waals surface area contributed by atoms with Crippen molar-refractivity contribution in [2.24, 2.45) is 0 Å². The summed E-state index contributed by atoms with van der Waals surface area (Å²) >= 11 is 0. The van der Waals surface area contributed by atoms with Crippen LogP contribution >= 0.6 is 0 Å². The predicted octanol–water partition coefficient (Wildman–Crippen LogP) is 1.53. The maximum atomic E-state index is 11.3. The van der Waals surface area contributed by atoms with Crippen molar-refractivity contribution < 1.29 is 4.79 Å². The molecular formula is C12H22N2O. The van der Waals surface area contributed by atoms with Crippen molar-refractivity contribution >= 4 is 5.91 Å². The molecule has 0 aromatic rings. The summed E-state index contributed by atoms with van der Waals surface area (Å²) in [4.78, 5) is 13.9. The van der Waals surface area contributed by atoms with Crippen LogP contribution in [0.25, 0.3) is 0 Å². The molecule has 0 bridgehead atoms. The number of rotatable bonds is 4. The van der Waals surface area contributed by atoms with Gasteiger partial charge in [-0.25, -0.2) is 0 Å². The minimum atomic E-state index is 0.238. The second-order valence-corrected chi connectivity index (χ2v) is 4.88. The van der Waals surface area contributed by atoms with E-state index in [4.69, 9.17) is 0 Å². The highest BCUT2D eigenvalue weighted by molar-refractivity contribution is 5.76. The van der Waals surface area contributed by atoms with E-state index in [1.165, 1.54) is 38.8 Å². The summed E-state index contributed by atoms with van der Waals surface area (Å²) in [6, 6.07) is 1.23. The average Bonchev–Trinajstić information content (AvgIpc) is 2.63. The van der Waals surface area contributed by atoms with E-state index in [0.29, 0.717) is 12.5 Å².